The number of thiophene rings is 1. The number of aliphatic carboxylic acids is 1. The first kappa shape index (κ1) is 18.2. The van der Waals surface area contributed by atoms with E-state index in [-0.39, 0.29) is 6.61 Å². The molecule has 0 amide bonds. The van der Waals surface area contributed by atoms with E-state index in [2.05, 4.69) is 32.3 Å². The maximum Gasteiger partial charge on any atom is 0.325 e. The van der Waals surface area contributed by atoms with Crippen molar-refractivity contribution in [3.8, 4) is 0 Å². The minimum absolute atomic E-state index is 0.0289. The van der Waals surface area contributed by atoms with Crippen molar-refractivity contribution in [2.45, 2.75) is 19.2 Å². The lowest BCUT2D eigenvalue weighted by Crippen LogP contribution is -2.48. The van der Waals surface area contributed by atoms with E-state index in [0.717, 1.165) is 54.8 Å². The molecule has 3 N–H and O–H groups in total. The van der Waals surface area contributed by atoms with Crippen molar-refractivity contribution < 1.29 is 15.0 Å². The highest BCUT2D eigenvalue weighted by molar-refractivity contribution is 7.09. The molecule has 3 aromatic rings. The lowest BCUT2D eigenvalue weighted by molar-refractivity contribution is -0.144. The van der Waals surface area contributed by atoms with Crippen LogP contribution in [0.25, 0.3) is 10.9 Å². The van der Waals surface area contributed by atoms with E-state index in [0.29, 0.717) is 0 Å². The summed E-state index contributed by atoms with van der Waals surface area (Å²) in [5, 5.41) is 22.2. The van der Waals surface area contributed by atoms with Crippen molar-refractivity contribution in [3.63, 3.8) is 0 Å². The molecule has 0 unspecified atom stereocenters. The van der Waals surface area contributed by atoms with E-state index in [9.17, 15) is 15.0 Å². The summed E-state index contributed by atoms with van der Waals surface area (Å²) in [4.78, 5) is 21.0. The van der Waals surface area contributed by atoms with Crippen LogP contribution in [0, 0.1) is 0 Å². The molecule has 0 radical (unpaired) electrons. The number of H-pyrrole nitrogens is 1. The highest BCUT2D eigenvalue weighted by Crippen LogP contribution is 2.30. The third-order valence-electron chi connectivity index (χ3n) is 5.22. The van der Waals surface area contributed by atoms with Gasteiger partial charge in [0.15, 0.2) is 0 Å². The Hall–Kier alpha value is -2.19. The standard InChI is InChI=1S/C20H23N3O3S/c24-13-14-3-4-16-17(11-21-18(16)10-14)19(20(25)26)23-7-5-22(6-8-23)12-15-2-1-9-27-15/h1-4,9-11,19,21,24H,5-8,12-13H2,(H,25,26)/t19-/m1/s1. The average molecular weight is 385 g/mol. The molecule has 0 spiro atoms. The number of carboxylic acids is 1. The summed E-state index contributed by atoms with van der Waals surface area (Å²) in [6.07, 6.45) is 1.79. The first-order valence-electron chi connectivity index (χ1n) is 9.08. The molecule has 7 heteroatoms. The minimum atomic E-state index is -0.825. The first-order valence-corrected chi connectivity index (χ1v) is 9.96. The van der Waals surface area contributed by atoms with Gasteiger partial charge in [0.1, 0.15) is 6.04 Å². The van der Waals surface area contributed by atoms with Crippen LogP contribution in [0.4, 0.5) is 0 Å². The lowest BCUT2D eigenvalue weighted by atomic mass is 10.0. The summed E-state index contributed by atoms with van der Waals surface area (Å²) >= 11 is 1.76. The number of nitrogens with zero attached hydrogens (tertiary/aromatic N) is 2. The highest BCUT2D eigenvalue weighted by atomic mass is 32.1. The number of rotatable bonds is 6. The summed E-state index contributed by atoms with van der Waals surface area (Å²) in [5.41, 5.74) is 2.46. The number of benzene rings is 1. The molecule has 0 saturated carbocycles. The van der Waals surface area contributed by atoms with Gasteiger partial charge in [-0.3, -0.25) is 14.6 Å². The zero-order chi connectivity index (χ0) is 18.8. The van der Waals surface area contributed by atoms with Gasteiger partial charge in [0.2, 0.25) is 0 Å². The number of carbonyl (C=O) groups is 1. The molecule has 4 rings (SSSR count). The molecule has 0 aliphatic carbocycles. The van der Waals surface area contributed by atoms with Crippen molar-refractivity contribution in [1.82, 2.24) is 14.8 Å². The summed E-state index contributed by atoms with van der Waals surface area (Å²) in [6.45, 7) is 4.07. The topological polar surface area (TPSA) is 79.8 Å². The van der Waals surface area contributed by atoms with Crippen molar-refractivity contribution in [3.05, 3.63) is 57.9 Å². The van der Waals surface area contributed by atoms with Gasteiger partial charge < -0.3 is 15.2 Å². The second-order valence-corrected chi connectivity index (χ2v) is 7.95. The van der Waals surface area contributed by atoms with Gasteiger partial charge in [0.05, 0.1) is 6.61 Å². The monoisotopic (exact) mass is 385 g/mol. The zero-order valence-electron chi connectivity index (χ0n) is 15.0. The molecule has 1 aliphatic rings. The number of aliphatic hydroxyl groups is 1. The van der Waals surface area contributed by atoms with Gasteiger partial charge in [-0.25, -0.2) is 0 Å². The van der Waals surface area contributed by atoms with E-state index in [1.54, 1.807) is 17.5 Å². The van der Waals surface area contributed by atoms with Crippen molar-refractivity contribution >= 4 is 28.2 Å². The Morgan fingerprint density at radius 2 is 2.04 bits per heavy atom. The summed E-state index contributed by atoms with van der Waals surface area (Å²) in [7, 11) is 0. The summed E-state index contributed by atoms with van der Waals surface area (Å²) in [6, 6.07) is 9.16. The van der Waals surface area contributed by atoms with E-state index in [4.69, 9.17) is 0 Å². The van der Waals surface area contributed by atoms with Crippen molar-refractivity contribution in [2.24, 2.45) is 0 Å². The van der Waals surface area contributed by atoms with Gasteiger partial charge in [0.25, 0.3) is 0 Å². The molecule has 2 aromatic heterocycles. The Morgan fingerprint density at radius 3 is 2.70 bits per heavy atom. The fourth-order valence-corrected chi connectivity index (χ4v) is 4.56. The second-order valence-electron chi connectivity index (χ2n) is 6.91. The van der Waals surface area contributed by atoms with Gasteiger partial charge in [0, 0.05) is 60.3 Å². The number of aromatic nitrogens is 1. The van der Waals surface area contributed by atoms with Gasteiger partial charge in [-0.2, -0.15) is 0 Å². The quantitative estimate of drug-likeness (QED) is 0.608. The van der Waals surface area contributed by atoms with Crippen LogP contribution in [0.15, 0.2) is 41.9 Å². The van der Waals surface area contributed by atoms with Crippen LogP contribution in [0.2, 0.25) is 0 Å². The van der Waals surface area contributed by atoms with Crippen LogP contribution >= 0.6 is 11.3 Å². The summed E-state index contributed by atoms with van der Waals surface area (Å²) in [5.74, 6) is -0.825. The van der Waals surface area contributed by atoms with Crippen molar-refractivity contribution in [1.29, 1.82) is 0 Å². The smallest absolute Gasteiger partial charge is 0.325 e. The Bertz CT molecular complexity index is 914. The number of carboxylic acid groups (broad SMARTS) is 1. The minimum Gasteiger partial charge on any atom is -0.480 e. The van der Waals surface area contributed by atoms with Gasteiger partial charge >= 0.3 is 5.97 Å². The number of hydrogen-bond acceptors (Lipinski definition) is 5. The molecule has 0 bridgehead atoms. The van der Waals surface area contributed by atoms with Crippen molar-refractivity contribution in [2.75, 3.05) is 26.2 Å². The number of piperazine rings is 1. The lowest BCUT2D eigenvalue weighted by Gasteiger charge is -2.37. The molecule has 6 nitrogen and oxygen atoms in total. The number of aromatic amines is 1. The third kappa shape index (κ3) is 3.77. The predicted molar refractivity (Wildman–Crippen MR) is 106 cm³/mol. The van der Waals surface area contributed by atoms with Gasteiger partial charge in [-0.1, -0.05) is 18.2 Å². The van der Waals surface area contributed by atoms with Crippen LogP contribution in [-0.2, 0) is 17.9 Å². The molecule has 1 saturated heterocycles. The first-order chi connectivity index (χ1) is 13.2. The SMILES string of the molecule is O=C(O)[C@@H](c1c[nH]c2cc(CO)ccc12)N1CCN(Cc2cccs2)CC1. The zero-order valence-corrected chi connectivity index (χ0v) is 15.8. The number of fused-ring (bicyclic) bond motifs is 1. The van der Waals surface area contributed by atoms with Crippen LogP contribution in [-0.4, -0.2) is 57.1 Å². The molecule has 1 fully saturated rings. The Kier molecular flexibility index (Phi) is 5.27. The van der Waals surface area contributed by atoms with E-state index in [1.165, 1.54) is 4.88 Å². The largest absolute Gasteiger partial charge is 0.480 e. The predicted octanol–water partition coefficient (Wildman–Crippen LogP) is 2.67. The third-order valence-corrected chi connectivity index (χ3v) is 6.08. The summed E-state index contributed by atoms with van der Waals surface area (Å²) < 4.78 is 0. The molecule has 142 valence electrons. The van der Waals surface area contributed by atoms with Gasteiger partial charge in [-0.05, 0) is 23.1 Å². The maximum atomic E-state index is 12.1. The van der Waals surface area contributed by atoms with Gasteiger partial charge in [-0.15, -0.1) is 11.3 Å². The molecular formula is C20H23N3O3S. The molecule has 1 aliphatic heterocycles. The van der Waals surface area contributed by atoms with E-state index < -0.39 is 12.0 Å². The Balaban J connectivity index is 1.51. The average Bonchev–Trinajstić information content (AvgIpc) is 3.33. The maximum absolute atomic E-state index is 12.1. The van der Waals surface area contributed by atoms with Crippen LogP contribution < -0.4 is 0 Å². The van der Waals surface area contributed by atoms with Crippen LogP contribution in [0.5, 0.6) is 0 Å². The number of aliphatic hydroxyl groups excluding tert-OH is 1. The fraction of sp³-hybridized carbons (Fsp3) is 0.350. The second kappa shape index (κ2) is 7.82. The fourth-order valence-electron chi connectivity index (χ4n) is 3.81. The van der Waals surface area contributed by atoms with Crippen LogP contribution in [0.3, 0.4) is 0 Å². The van der Waals surface area contributed by atoms with E-state index in [1.807, 2.05) is 18.2 Å². The molecule has 3 heterocycles. The van der Waals surface area contributed by atoms with E-state index >= 15 is 0 Å². The molecule has 1 atom stereocenters. The normalized spacial score (nSPS) is 17.4. The number of nitrogens with one attached hydrogen (secondary N) is 1. The highest BCUT2D eigenvalue weighted by Gasteiger charge is 2.32. The molecule has 27 heavy (non-hydrogen) atoms. The Labute approximate surface area is 161 Å². The number of hydrogen-bond donors (Lipinski definition) is 3. The molecular weight excluding hydrogens is 362 g/mol. The van der Waals surface area contributed by atoms with Crippen LogP contribution in [0.1, 0.15) is 22.0 Å². The Morgan fingerprint density at radius 1 is 1.22 bits per heavy atom. The molecule has 1 aromatic carbocycles.